The van der Waals surface area contributed by atoms with E-state index in [1.807, 2.05) is 0 Å². The van der Waals surface area contributed by atoms with Crippen molar-refractivity contribution >= 4 is 17.7 Å². The van der Waals surface area contributed by atoms with Gasteiger partial charge in [0.1, 0.15) is 5.82 Å². The number of nitrogens with zero attached hydrogens (tertiary/aromatic N) is 5. The smallest absolute Gasteiger partial charge is 0.368 e. The Morgan fingerprint density at radius 2 is 1.86 bits per heavy atom. The van der Waals surface area contributed by atoms with Crippen LogP contribution < -0.4 is 15.8 Å². The van der Waals surface area contributed by atoms with Crippen molar-refractivity contribution in [1.29, 1.82) is 0 Å². The first-order valence-corrected chi connectivity index (χ1v) is 8.96. The topological polar surface area (TPSA) is 107 Å². The highest BCUT2D eigenvalue weighted by Gasteiger charge is 2.32. The van der Waals surface area contributed by atoms with Crippen LogP contribution in [-0.2, 0) is 11.0 Å². The summed E-state index contributed by atoms with van der Waals surface area (Å²) in [6, 6.07) is 1.60. The molecule has 0 spiro atoms. The lowest BCUT2D eigenvalue weighted by molar-refractivity contribution is -0.138. The monoisotopic (exact) mass is 411 g/mol. The van der Waals surface area contributed by atoms with E-state index in [9.17, 15) is 22.8 Å². The van der Waals surface area contributed by atoms with Gasteiger partial charge in [-0.15, -0.1) is 0 Å². The molecule has 0 saturated carbocycles. The van der Waals surface area contributed by atoms with Gasteiger partial charge in [-0.05, 0) is 13.0 Å². The number of amides is 1. The van der Waals surface area contributed by atoms with Crippen molar-refractivity contribution in [1.82, 2.24) is 25.1 Å². The number of aromatic nitrogens is 4. The molecule has 0 radical (unpaired) electrons. The SMILES string of the molecule is Cc1cc(NCCC(=O)N2CCN(c3ncc(C(F)(F)F)cn3)CC2)n[nH]c1=O. The number of alkyl halides is 3. The summed E-state index contributed by atoms with van der Waals surface area (Å²) in [6.45, 7) is 3.76. The van der Waals surface area contributed by atoms with Gasteiger partial charge in [0.05, 0.1) is 5.56 Å². The summed E-state index contributed by atoms with van der Waals surface area (Å²) in [5, 5.41) is 9.19. The molecule has 3 rings (SSSR count). The van der Waals surface area contributed by atoms with Crippen LogP contribution in [0, 0.1) is 6.92 Å². The maximum atomic E-state index is 12.6. The van der Waals surface area contributed by atoms with Gasteiger partial charge in [0.2, 0.25) is 11.9 Å². The second kappa shape index (κ2) is 8.45. The van der Waals surface area contributed by atoms with E-state index in [-0.39, 0.29) is 23.8 Å². The lowest BCUT2D eigenvalue weighted by Gasteiger charge is -2.34. The van der Waals surface area contributed by atoms with Crippen LogP contribution in [0.25, 0.3) is 0 Å². The maximum Gasteiger partial charge on any atom is 0.419 e. The third-order valence-corrected chi connectivity index (χ3v) is 4.52. The Labute approximate surface area is 164 Å². The summed E-state index contributed by atoms with van der Waals surface area (Å²) < 4.78 is 37.8. The second-order valence-electron chi connectivity index (χ2n) is 6.58. The molecule has 0 aromatic carbocycles. The molecule has 1 amide bonds. The number of aryl methyl sites for hydroxylation is 1. The zero-order chi connectivity index (χ0) is 21.0. The van der Waals surface area contributed by atoms with Gasteiger partial charge in [-0.2, -0.15) is 18.3 Å². The molecule has 3 heterocycles. The normalized spacial score (nSPS) is 14.8. The van der Waals surface area contributed by atoms with Crippen molar-refractivity contribution in [3.05, 3.63) is 39.9 Å². The summed E-state index contributed by atoms with van der Waals surface area (Å²) in [5.74, 6) is 0.650. The first-order valence-electron chi connectivity index (χ1n) is 8.96. The Hall–Kier alpha value is -3.18. The number of piperazine rings is 1. The predicted molar refractivity (Wildman–Crippen MR) is 98.5 cm³/mol. The van der Waals surface area contributed by atoms with Crippen molar-refractivity contribution in [3.8, 4) is 0 Å². The summed E-state index contributed by atoms with van der Waals surface area (Å²) in [4.78, 5) is 34.6. The third kappa shape index (κ3) is 5.21. The number of hydrogen-bond acceptors (Lipinski definition) is 7. The van der Waals surface area contributed by atoms with Crippen LogP contribution in [0.1, 0.15) is 17.5 Å². The highest BCUT2D eigenvalue weighted by Crippen LogP contribution is 2.28. The summed E-state index contributed by atoms with van der Waals surface area (Å²) in [5.41, 5.74) is -0.633. The first kappa shape index (κ1) is 20.6. The number of aromatic amines is 1. The quantitative estimate of drug-likeness (QED) is 0.757. The number of carbonyl (C=O) groups is 1. The van der Waals surface area contributed by atoms with Crippen molar-refractivity contribution < 1.29 is 18.0 Å². The molecule has 1 fully saturated rings. The van der Waals surface area contributed by atoms with E-state index in [0.29, 0.717) is 44.1 Å². The molecule has 1 saturated heterocycles. The minimum atomic E-state index is -4.47. The molecule has 1 aliphatic rings. The third-order valence-electron chi connectivity index (χ3n) is 4.52. The number of hydrogen-bond donors (Lipinski definition) is 2. The largest absolute Gasteiger partial charge is 0.419 e. The van der Waals surface area contributed by atoms with Crippen molar-refractivity contribution in [2.75, 3.05) is 42.9 Å². The average Bonchev–Trinajstić information content (AvgIpc) is 2.70. The van der Waals surface area contributed by atoms with Crippen LogP contribution in [0.15, 0.2) is 23.3 Å². The molecule has 1 aliphatic heterocycles. The van der Waals surface area contributed by atoms with E-state index < -0.39 is 11.7 Å². The van der Waals surface area contributed by atoms with Crippen LogP contribution >= 0.6 is 0 Å². The van der Waals surface area contributed by atoms with E-state index in [1.165, 1.54) is 0 Å². The van der Waals surface area contributed by atoms with Crippen LogP contribution in [-0.4, -0.2) is 63.7 Å². The van der Waals surface area contributed by atoms with Crippen LogP contribution in [0.4, 0.5) is 24.9 Å². The molecule has 9 nitrogen and oxygen atoms in total. The van der Waals surface area contributed by atoms with Gasteiger partial charge in [-0.25, -0.2) is 15.1 Å². The number of nitrogens with one attached hydrogen (secondary N) is 2. The van der Waals surface area contributed by atoms with Crippen LogP contribution in [0.5, 0.6) is 0 Å². The Morgan fingerprint density at radius 3 is 2.45 bits per heavy atom. The molecule has 0 unspecified atom stereocenters. The molecule has 0 bridgehead atoms. The summed E-state index contributed by atoms with van der Waals surface area (Å²) >= 11 is 0. The lowest BCUT2D eigenvalue weighted by atomic mass is 10.2. The van der Waals surface area contributed by atoms with E-state index >= 15 is 0 Å². The first-order chi connectivity index (χ1) is 13.7. The second-order valence-corrected chi connectivity index (χ2v) is 6.58. The van der Waals surface area contributed by atoms with Crippen LogP contribution in [0.3, 0.4) is 0 Å². The molecule has 0 atom stereocenters. The molecule has 2 aromatic rings. The van der Waals surface area contributed by atoms with E-state index in [1.54, 1.807) is 22.8 Å². The fourth-order valence-electron chi connectivity index (χ4n) is 2.84. The molecule has 2 N–H and O–H groups in total. The zero-order valence-corrected chi connectivity index (χ0v) is 15.7. The van der Waals surface area contributed by atoms with Crippen molar-refractivity contribution in [2.45, 2.75) is 19.5 Å². The highest BCUT2D eigenvalue weighted by atomic mass is 19.4. The average molecular weight is 411 g/mol. The molecule has 156 valence electrons. The fourth-order valence-corrected chi connectivity index (χ4v) is 2.84. The zero-order valence-electron chi connectivity index (χ0n) is 15.7. The Morgan fingerprint density at radius 1 is 1.21 bits per heavy atom. The fraction of sp³-hybridized carbons (Fsp3) is 0.471. The van der Waals surface area contributed by atoms with Gasteiger partial charge in [0.25, 0.3) is 5.56 Å². The lowest BCUT2D eigenvalue weighted by Crippen LogP contribution is -2.49. The Kier molecular flexibility index (Phi) is 5.99. The van der Waals surface area contributed by atoms with Gasteiger partial charge >= 0.3 is 6.18 Å². The molecule has 12 heteroatoms. The predicted octanol–water partition coefficient (Wildman–Crippen LogP) is 1.04. The van der Waals surface area contributed by atoms with Gasteiger partial charge in [0, 0.05) is 57.1 Å². The Balaban J connectivity index is 1.45. The number of rotatable bonds is 5. The van der Waals surface area contributed by atoms with E-state index in [0.717, 1.165) is 12.4 Å². The molecule has 2 aromatic heterocycles. The van der Waals surface area contributed by atoms with Gasteiger partial charge in [-0.1, -0.05) is 0 Å². The Bertz CT molecular complexity index is 906. The van der Waals surface area contributed by atoms with E-state index in [2.05, 4.69) is 25.5 Å². The number of anilines is 2. The van der Waals surface area contributed by atoms with E-state index in [4.69, 9.17) is 0 Å². The maximum absolute atomic E-state index is 12.6. The number of halogens is 3. The molecular formula is C17H20F3N7O2. The minimum Gasteiger partial charge on any atom is -0.368 e. The van der Waals surface area contributed by atoms with Gasteiger partial charge < -0.3 is 15.1 Å². The van der Waals surface area contributed by atoms with Crippen molar-refractivity contribution in [3.63, 3.8) is 0 Å². The number of H-pyrrole nitrogens is 1. The standard InChI is InChI=1S/C17H20F3N7O2/c1-11-8-13(24-25-15(11)29)21-3-2-14(28)26-4-6-27(7-5-26)16-22-9-12(10-23-16)17(18,19)20/h8-10H,2-7H2,1H3,(H,21,24)(H,25,29). The minimum absolute atomic E-state index is 0.0494. The summed E-state index contributed by atoms with van der Waals surface area (Å²) in [7, 11) is 0. The summed E-state index contributed by atoms with van der Waals surface area (Å²) in [6.07, 6.45) is -2.70. The highest BCUT2D eigenvalue weighted by molar-refractivity contribution is 5.77. The molecular weight excluding hydrogens is 391 g/mol. The van der Waals surface area contributed by atoms with Crippen LogP contribution in [0.2, 0.25) is 0 Å². The van der Waals surface area contributed by atoms with Crippen molar-refractivity contribution in [2.24, 2.45) is 0 Å². The van der Waals surface area contributed by atoms with Gasteiger partial charge in [0.15, 0.2) is 0 Å². The number of carbonyl (C=O) groups excluding carboxylic acids is 1. The molecule has 29 heavy (non-hydrogen) atoms. The molecule has 0 aliphatic carbocycles. The van der Waals surface area contributed by atoms with Gasteiger partial charge in [-0.3, -0.25) is 9.59 Å².